The Morgan fingerprint density at radius 3 is 2.31 bits per heavy atom. The summed E-state index contributed by atoms with van der Waals surface area (Å²) in [5.74, 6) is -0.226. The summed E-state index contributed by atoms with van der Waals surface area (Å²) < 4.78 is 15.8. The smallest absolute Gasteiger partial charge is 0.254 e. The maximum atomic E-state index is 12.5. The minimum Gasteiger partial charge on any atom is -0.493 e. The number of carbonyl (C=O) groups excluding carboxylic acids is 3. The molecule has 2 aromatic carbocycles. The molecule has 1 heterocycles. The third-order valence-electron chi connectivity index (χ3n) is 4.39. The second kappa shape index (κ2) is 8.51. The molecule has 0 aliphatic carbocycles. The summed E-state index contributed by atoms with van der Waals surface area (Å²) >= 11 is 0. The fraction of sp³-hybridized carbons (Fsp3) is 0.250. The topological polar surface area (TPSA) is 115 Å². The highest BCUT2D eigenvalue weighted by Crippen LogP contribution is 2.39. The van der Waals surface area contributed by atoms with Crippen molar-refractivity contribution in [2.45, 2.75) is 12.5 Å². The fourth-order valence-electron chi connectivity index (χ4n) is 3.01. The van der Waals surface area contributed by atoms with E-state index in [2.05, 4.69) is 16.0 Å². The number of methoxy groups -OCH3 is 3. The van der Waals surface area contributed by atoms with Crippen LogP contribution in [0.25, 0.3) is 0 Å². The van der Waals surface area contributed by atoms with Gasteiger partial charge < -0.3 is 30.2 Å². The van der Waals surface area contributed by atoms with Gasteiger partial charge in [0.05, 0.1) is 39.0 Å². The average molecular weight is 399 g/mol. The molecule has 0 saturated carbocycles. The molecule has 9 nitrogen and oxygen atoms in total. The van der Waals surface area contributed by atoms with Crippen LogP contribution in [0.15, 0.2) is 36.4 Å². The molecule has 0 radical (unpaired) electrons. The van der Waals surface area contributed by atoms with Crippen molar-refractivity contribution in [1.29, 1.82) is 0 Å². The van der Waals surface area contributed by atoms with Crippen LogP contribution in [0.4, 0.5) is 11.4 Å². The fourth-order valence-corrected chi connectivity index (χ4v) is 3.01. The first kappa shape index (κ1) is 20.0. The van der Waals surface area contributed by atoms with Gasteiger partial charge in [0, 0.05) is 17.8 Å². The number of carbonyl (C=O) groups is 3. The third-order valence-corrected chi connectivity index (χ3v) is 4.39. The van der Waals surface area contributed by atoms with E-state index < -0.39 is 23.8 Å². The zero-order valence-corrected chi connectivity index (χ0v) is 16.2. The number of fused-ring (bicyclic) bond motifs is 1. The molecule has 0 saturated heterocycles. The quantitative estimate of drug-likeness (QED) is 0.682. The highest BCUT2D eigenvalue weighted by molar-refractivity contribution is 6.11. The van der Waals surface area contributed by atoms with Gasteiger partial charge in [0.1, 0.15) is 6.04 Å². The molecule has 3 rings (SSSR count). The number of anilines is 2. The molecule has 2 aromatic rings. The van der Waals surface area contributed by atoms with Crippen LogP contribution >= 0.6 is 0 Å². The predicted octanol–water partition coefficient (Wildman–Crippen LogP) is 1.79. The molecule has 152 valence electrons. The molecule has 0 spiro atoms. The number of rotatable bonds is 6. The lowest BCUT2D eigenvalue weighted by Gasteiger charge is -2.16. The summed E-state index contributed by atoms with van der Waals surface area (Å²) in [4.78, 5) is 37.3. The Labute approximate surface area is 167 Å². The third kappa shape index (κ3) is 4.23. The first-order chi connectivity index (χ1) is 14.0. The van der Waals surface area contributed by atoms with Gasteiger partial charge in [0.15, 0.2) is 11.5 Å². The number of hydrogen-bond acceptors (Lipinski definition) is 6. The van der Waals surface area contributed by atoms with Crippen LogP contribution in [-0.2, 0) is 9.59 Å². The number of benzene rings is 2. The van der Waals surface area contributed by atoms with Gasteiger partial charge in [0.25, 0.3) is 5.91 Å². The molecule has 0 unspecified atom stereocenters. The van der Waals surface area contributed by atoms with Crippen LogP contribution in [0.5, 0.6) is 17.2 Å². The number of ether oxygens (including phenoxy) is 3. The molecule has 1 atom stereocenters. The van der Waals surface area contributed by atoms with Crippen LogP contribution in [0.2, 0.25) is 0 Å². The SMILES string of the molecule is COc1cc(NC(=O)C[C@@H]2NC(=O)c3ccccc3NC2=O)cc(OC)c1OC. The van der Waals surface area contributed by atoms with Gasteiger partial charge in [-0.1, -0.05) is 12.1 Å². The number of hydrogen-bond donors (Lipinski definition) is 3. The van der Waals surface area contributed by atoms with Crippen LogP contribution in [0.3, 0.4) is 0 Å². The molecule has 0 bridgehead atoms. The number of para-hydroxylation sites is 1. The second-order valence-electron chi connectivity index (χ2n) is 6.23. The molecule has 0 fully saturated rings. The standard InChI is InChI=1S/C20H21N3O6/c1-27-15-8-11(9-16(28-2)18(15)29-3)21-17(24)10-14-20(26)22-13-7-5-4-6-12(13)19(25)23-14/h4-9,14H,10H2,1-3H3,(H,21,24)(H,22,26)(H,23,25)/t14-/m0/s1. The van der Waals surface area contributed by atoms with Crippen LogP contribution in [0.1, 0.15) is 16.8 Å². The van der Waals surface area contributed by atoms with E-state index >= 15 is 0 Å². The summed E-state index contributed by atoms with van der Waals surface area (Å²) in [6.07, 6.45) is -0.248. The first-order valence-electron chi connectivity index (χ1n) is 8.77. The van der Waals surface area contributed by atoms with E-state index in [9.17, 15) is 14.4 Å². The van der Waals surface area contributed by atoms with Crippen molar-refractivity contribution in [1.82, 2.24) is 5.32 Å². The highest BCUT2D eigenvalue weighted by atomic mass is 16.5. The van der Waals surface area contributed by atoms with Gasteiger partial charge in [-0.25, -0.2) is 0 Å². The molecular formula is C20H21N3O6. The van der Waals surface area contributed by atoms with E-state index in [1.807, 2.05) is 0 Å². The van der Waals surface area contributed by atoms with Gasteiger partial charge in [-0.2, -0.15) is 0 Å². The zero-order chi connectivity index (χ0) is 21.0. The minimum absolute atomic E-state index is 0.248. The first-order valence-corrected chi connectivity index (χ1v) is 8.77. The summed E-state index contributed by atoms with van der Waals surface area (Å²) in [5.41, 5.74) is 1.14. The Bertz CT molecular complexity index is 934. The van der Waals surface area contributed by atoms with Gasteiger partial charge in [-0.3, -0.25) is 14.4 Å². The Hall–Kier alpha value is -3.75. The molecule has 1 aliphatic heterocycles. The minimum atomic E-state index is -1.02. The van der Waals surface area contributed by atoms with E-state index in [0.717, 1.165) is 0 Å². The summed E-state index contributed by atoms with van der Waals surface area (Å²) in [6.45, 7) is 0. The van der Waals surface area contributed by atoms with Crippen molar-refractivity contribution in [3.8, 4) is 17.2 Å². The lowest BCUT2D eigenvalue weighted by molar-refractivity contribution is -0.122. The highest BCUT2D eigenvalue weighted by Gasteiger charge is 2.29. The molecule has 9 heteroatoms. The second-order valence-corrected chi connectivity index (χ2v) is 6.23. The molecule has 3 N–H and O–H groups in total. The van der Waals surface area contributed by atoms with E-state index in [1.165, 1.54) is 21.3 Å². The Morgan fingerprint density at radius 1 is 1.03 bits per heavy atom. The molecule has 29 heavy (non-hydrogen) atoms. The van der Waals surface area contributed by atoms with Crippen molar-refractivity contribution in [3.05, 3.63) is 42.0 Å². The maximum Gasteiger partial charge on any atom is 0.254 e. The van der Waals surface area contributed by atoms with Crippen LogP contribution < -0.4 is 30.2 Å². The van der Waals surface area contributed by atoms with E-state index in [1.54, 1.807) is 36.4 Å². The monoisotopic (exact) mass is 399 g/mol. The van der Waals surface area contributed by atoms with Gasteiger partial charge in [-0.05, 0) is 12.1 Å². The van der Waals surface area contributed by atoms with Gasteiger partial charge in [0.2, 0.25) is 17.6 Å². The Morgan fingerprint density at radius 2 is 1.69 bits per heavy atom. The summed E-state index contributed by atoms with van der Waals surface area (Å²) in [7, 11) is 4.40. The van der Waals surface area contributed by atoms with Crippen LogP contribution in [-0.4, -0.2) is 45.1 Å². The van der Waals surface area contributed by atoms with Crippen molar-refractivity contribution >= 4 is 29.1 Å². The van der Waals surface area contributed by atoms with Crippen molar-refractivity contribution in [2.75, 3.05) is 32.0 Å². The summed E-state index contributed by atoms with van der Waals surface area (Å²) in [5, 5.41) is 7.93. The van der Waals surface area contributed by atoms with Crippen molar-refractivity contribution in [2.24, 2.45) is 0 Å². The molecule has 3 amide bonds. The van der Waals surface area contributed by atoms with E-state index in [4.69, 9.17) is 14.2 Å². The van der Waals surface area contributed by atoms with Crippen molar-refractivity contribution < 1.29 is 28.6 Å². The number of nitrogens with one attached hydrogen (secondary N) is 3. The van der Waals surface area contributed by atoms with E-state index in [-0.39, 0.29) is 6.42 Å². The lowest BCUT2D eigenvalue weighted by atomic mass is 10.1. The van der Waals surface area contributed by atoms with E-state index in [0.29, 0.717) is 34.2 Å². The predicted molar refractivity (Wildman–Crippen MR) is 106 cm³/mol. The van der Waals surface area contributed by atoms with Gasteiger partial charge in [-0.15, -0.1) is 0 Å². The van der Waals surface area contributed by atoms with Crippen molar-refractivity contribution in [3.63, 3.8) is 0 Å². The Balaban J connectivity index is 1.74. The molecule has 1 aliphatic rings. The summed E-state index contributed by atoms with van der Waals surface area (Å²) in [6, 6.07) is 8.76. The number of amides is 3. The largest absolute Gasteiger partial charge is 0.493 e. The maximum absolute atomic E-state index is 12.5. The van der Waals surface area contributed by atoms with Crippen LogP contribution in [0, 0.1) is 0 Å². The average Bonchev–Trinajstić information content (AvgIpc) is 2.83. The normalized spacial score (nSPS) is 15.3. The zero-order valence-electron chi connectivity index (χ0n) is 16.2. The molecular weight excluding hydrogens is 378 g/mol. The lowest BCUT2D eigenvalue weighted by Crippen LogP contribution is -2.43. The van der Waals surface area contributed by atoms with Gasteiger partial charge >= 0.3 is 0 Å². The Kier molecular flexibility index (Phi) is 5.87. The molecule has 0 aromatic heterocycles.